The summed E-state index contributed by atoms with van der Waals surface area (Å²) in [6, 6.07) is 7.39. The van der Waals surface area contributed by atoms with Gasteiger partial charge in [0, 0.05) is 24.9 Å². The summed E-state index contributed by atoms with van der Waals surface area (Å²) in [4.78, 5) is 15.5. The fraction of sp³-hybridized carbons (Fsp3) is 0.286. The molecule has 0 spiro atoms. The molecule has 6 nitrogen and oxygen atoms in total. The summed E-state index contributed by atoms with van der Waals surface area (Å²) >= 11 is 0. The van der Waals surface area contributed by atoms with Crippen molar-refractivity contribution >= 4 is 24.0 Å². The Morgan fingerprint density at radius 2 is 2.10 bits per heavy atom. The van der Waals surface area contributed by atoms with Gasteiger partial charge in [-0.3, -0.25) is 4.79 Å². The minimum atomic E-state index is -0.0893. The zero-order valence-corrected chi connectivity index (χ0v) is 12.5. The molecule has 0 bridgehead atoms. The van der Waals surface area contributed by atoms with Gasteiger partial charge in [0.1, 0.15) is 0 Å². The van der Waals surface area contributed by atoms with Gasteiger partial charge in [0.05, 0.1) is 19.3 Å². The van der Waals surface area contributed by atoms with E-state index in [1.54, 1.807) is 13.3 Å². The summed E-state index contributed by atoms with van der Waals surface area (Å²) in [5.41, 5.74) is 1.66. The molecule has 0 aliphatic rings. The molecule has 7 heteroatoms. The van der Waals surface area contributed by atoms with Crippen molar-refractivity contribution < 1.29 is 13.9 Å². The molecular formula is C14H18ClN3O3. The van der Waals surface area contributed by atoms with Gasteiger partial charge in [-0.05, 0) is 24.3 Å². The average molecular weight is 312 g/mol. The third-order valence-electron chi connectivity index (χ3n) is 2.65. The van der Waals surface area contributed by atoms with Crippen molar-refractivity contribution in [3.8, 4) is 11.3 Å². The third-order valence-corrected chi connectivity index (χ3v) is 2.65. The average Bonchev–Trinajstić information content (AvgIpc) is 2.99. The van der Waals surface area contributed by atoms with Crippen LogP contribution in [0.3, 0.4) is 0 Å². The van der Waals surface area contributed by atoms with Gasteiger partial charge in [-0.25, -0.2) is 4.98 Å². The topological polar surface area (TPSA) is 76.4 Å². The molecule has 2 rings (SSSR count). The maximum Gasteiger partial charge on any atom is 0.238 e. The molecule has 2 N–H and O–H groups in total. The standard InChI is InChI=1S/C14H17N3O3.ClH/c1-19-7-6-15-9-14(18)17-12-4-2-11(3-5-12)13-8-16-10-20-13;/h2-5,8,10,15H,6-7,9H2,1H3,(H,17,18);1H. The molecule has 1 aromatic heterocycles. The van der Waals surface area contributed by atoms with Crippen molar-refractivity contribution in [1.82, 2.24) is 10.3 Å². The first kappa shape index (κ1) is 17.2. The number of halogens is 1. The van der Waals surface area contributed by atoms with Crippen LogP contribution in [0.2, 0.25) is 0 Å². The van der Waals surface area contributed by atoms with E-state index < -0.39 is 0 Å². The van der Waals surface area contributed by atoms with Gasteiger partial charge in [-0.2, -0.15) is 0 Å². The quantitative estimate of drug-likeness (QED) is 0.764. The van der Waals surface area contributed by atoms with Gasteiger partial charge in [-0.15, -0.1) is 12.4 Å². The largest absolute Gasteiger partial charge is 0.444 e. The molecule has 1 heterocycles. The van der Waals surface area contributed by atoms with Crippen molar-refractivity contribution in [2.45, 2.75) is 0 Å². The monoisotopic (exact) mass is 311 g/mol. The van der Waals surface area contributed by atoms with E-state index in [1.807, 2.05) is 24.3 Å². The second kappa shape index (κ2) is 9.12. The molecule has 0 saturated carbocycles. The van der Waals surface area contributed by atoms with Crippen LogP contribution in [0.5, 0.6) is 0 Å². The molecule has 1 aromatic carbocycles. The Kier molecular flexibility index (Phi) is 7.45. The maximum absolute atomic E-state index is 11.6. The van der Waals surface area contributed by atoms with Crippen LogP contribution in [0.15, 0.2) is 41.3 Å². The first-order chi connectivity index (χ1) is 9.79. The van der Waals surface area contributed by atoms with Crippen LogP contribution in [-0.4, -0.2) is 37.7 Å². The van der Waals surface area contributed by atoms with Crippen LogP contribution in [-0.2, 0) is 9.53 Å². The summed E-state index contributed by atoms with van der Waals surface area (Å²) in [6.07, 6.45) is 3.03. The lowest BCUT2D eigenvalue weighted by Gasteiger charge is -2.07. The van der Waals surface area contributed by atoms with Gasteiger partial charge in [0.15, 0.2) is 12.2 Å². The predicted octanol–water partition coefficient (Wildman–Crippen LogP) is 1.94. The Morgan fingerprint density at radius 1 is 1.33 bits per heavy atom. The first-order valence-electron chi connectivity index (χ1n) is 6.28. The number of rotatable bonds is 7. The molecule has 21 heavy (non-hydrogen) atoms. The second-order valence-electron chi connectivity index (χ2n) is 4.16. The van der Waals surface area contributed by atoms with E-state index >= 15 is 0 Å². The predicted molar refractivity (Wildman–Crippen MR) is 82.6 cm³/mol. The molecule has 1 amide bonds. The molecule has 0 unspecified atom stereocenters. The maximum atomic E-state index is 11.6. The molecule has 0 aliphatic heterocycles. The Balaban J connectivity index is 0.00000220. The van der Waals surface area contributed by atoms with Gasteiger partial charge in [0.25, 0.3) is 0 Å². The second-order valence-corrected chi connectivity index (χ2v) is 4.16. The molecule has 2 aromatic rings. The van der Waals surface area contributed by atoms with Crippen LogP contribution >= 0.6 is 12.4 Å². The molecule has 0 saturated heterocycles. The number of nitrogens with one attached hydrogen (secondary N) is 2. The summed E-state index contributed by atoms with van der Waals surface area (Å²) in [5.74, 6) is 0.609. The van der Waals surface area contributed by atoms with Crippen molar-refractivity contribution in [3.63, 3.8) is 0 Å². The SMILES string of the molecule is COCCNCC(=O)Nc1ccc(-c2cnco2)cc1.Cl. The summed E-state index contributed by atoms with van der Waals surface area (Å²) in [6.45, 7) is 1.49. The van der Waals surface area contributed by atoms with Crippen LogP contribution in [0.25, 0.3) is 11.3 Å². The van der Waals surface area contributed by atoms with E-state index in [2.05, 4.69) is 15.6 Å². The minimum absolute atomic E-state index is 0. The highest BCUT2D eigenvalue weighted by molar-refractivity contribution is 5.92. The molecule has 0 radical (unpaired) electrons. The first-order valence-corrected chi connectivity index (χ1v) is 6.28. The smallest absolute Gasteiger partial charge is 0.238 e. The normalized spacial score (nSPS) is 9.95. The van der Waals surface area contributed by atoms with Crippen molar-refractivity contribution in [2.24, 2.45) is 0 Å². The fourth-order valence-corrected chi connectivity index (χ4v) is 1.66. The highest BCUT2D eigenvalue weighted by atomic mass is 35.5. The summed E-state index contributed by atoms with van der Waals surface area (Å²) < 4.78 is 10.1. The number of nitrogens with zero attached hydrogens (tertiary/aromatic N) is 1. The molecule has 0 atom stereocenters. The Morgan fingerprint density at radius 3 is 2.71 bits per heavy atom. The van der Waals surface area contributed by atoms with Crippen LogP contribution in [0.4, 0.5) is 5.69 Å². The van der Waals surface area contributed by atoms with Gasteiger partial charge in [-0.1, -0.05) is 0 Å². The van der Waals surface area contributed by atoms with Gasteiger partial charge in [0.2, 0.25) is 5.91 Å². The number of carbonyl (C=O) groups is 1. The van der Waals surface area contributed by atoms with Crippen LogP contribution in [0, 0.1) is 0 Å². The van der Waals surface area contributed by atoms with E-state index in [0.29, 0.717) is 18.9 Å². The van der Waals surface area contributed by atoms with Crippen molar-refractivity contribution in [1.29, 1.82) is 0 Å². The highest BCUT2D eigenvalue weighted by Crippen LogP contribution is 2.20. The number of carbonyl (C=O) groups excluding carboxylic acids is 1. The van der Waals surface area contributed by atoms with Crippen LogP contribution < -0.4 is 10.6 Å². The molecule has 0 aliphatic carbocycles. The lowest BCUT2D eigenvalue weighted by molar-refractivity contribution is -0.115. The molecular weight excluding hydrogens is 294 g/mol. The summed E-state index contributed by atoms with van der Waals surface area (Å²) in [5, 5.41) is 5.78. The van der Waals surface area contributed by atoms with E-state index in [-0.39, 0.29) is 24.9 Å². The lowest BCUT2D eigenvalue weighted by atomic mass is 10.2. The fourth-order valence-electron chi connectivity index (χ4n) is 1.66. The number of oxazole rings is 1. The van der Waals surface area contributed by atoms with Gasteiger partial charge >= 0.3 is 0 Å². The number of aromatic nitrogens is 1. The summed E-state index contributed by atoms with van der Waals surface area (Å²) in [7, 11) is 1.62. The van der Waals surface area contributed by atoms with Crippen LogP contribution in [0.1, 0.15) is 0 Å². The molecule has 114 valence electrons. The van der Waals surface area contributed by atoms with Crippen molar-refractivity contribution in [2.75, 3.05) is 32.1 Å². The zero-order valence-electron chi connectivity index (χ0n) is 11.7. The Bertz CT molecular complexity index is 529. The number of hydrogen-bond donors (Lipinski definition) is 2. The number of methoxy groups -OCH3 is 1. The number of hydrogen-bond acceptors (Lipinski definition) is 5. The Hall–Kier alpha value is -1.89. The number of amides is 1. The van der Waals surface area contributed by atoms with E-state index in [4.69, 9.17) is 9.15 Å². The lowest BCUT2D eigenvalue weighted by Crippen LogP contribution is -2.30. The Labute approximate surface area is 129 Å². The number of benzene rings is 1. The van der Waals surface area contributed by atoms with Crippen molar-refractivity contribution in [3.05, 3.63) is 36.9 Å². The minimum Gasteiger partial charge on any atom is -0.444 e. The number of ether oxygens (including phenoxy) is 1. The van der Waals surface area contributed by atoms with E-state index in [9.17, 15) is 4.79 Å². The highest BCUT2D eigenvalue weighted by Gasteiger charge is 2.04. The zero-order chi connectivity index (χ0) is 14.2. The van der Waals surface area contributed by atoms with E-state index in [1.165, 1.54) is 6.39 Å². The molecule has 0 fully saturated rings. The van der Waals surface area contributed by atoms with E-state index in [0.717, 1.165) is 11.3 Å². The van der Waals surface area contributed by atoms with Gasteiger partial charge < -0.3 is 19.8 Å². The number of anilines is 1. The third kappa shape index (κ3) is 5.55.